The van der Waals surface area contributed by atoms with Gasteiger partial charge in [-0.1, -0.05) is 43.3 Å². The van der Waals surface area contributed by atoms with Crippen LogP contribution in [0.4, 0.5) is 19.5 Å². The molecule has 4 rings (SSSR count). The highest BCUT2D eigenvalue weighted by Crippen LogP contribution is 2.51. The second-order valence-electron chi connectivity index (χ2n) is 7.22. The predicted molar refractivity (Wildman–Crippen MR) is 120 cm³/mol. The number of carbonyl (C=O) groups excluding carboxylic acids is 2. The molecule has 164 valence electrons. The van der Waals surface area contributed by atoms with Gasteiger partial charge in [-0.2, -0.15) is 0 Å². The van der Waals surface area contributed by atoms with E-state index in [0.717, 1.165) is 29.0 Å². The minimum absolute atomic E-state index is 0.00833. The molecule has 1 unspecified atom stereocenters. The summed E-state index contributed by atoms with van der Waals surface area (Å²) in [6.07, 6.45) is 0.496. The Kier molecular flexibility index (Phi) is 5.80. The number of fused-ring (bicyclic) bond motifs is 1. The van der Waals surface area contributed by atoms with E-state index >= 15 is 0 Å². The lowest BCUT2D eigenvalue weighted by Crippen LogP contribution is -2.24. The van der Waals surface area contributed by atoms with Crippen LogP contribution >= 0.6 is 11.3 Å². The number of carbonyl (C=O) groups is 2. The van der Waals surface area contributed by atoms with E-state index in [9.17, 15) is 18.4 Å². The number of anilines is 2. The van der Waals surface area contributed by atoms with Crippen LogP contribution in [0.25, 0.3) is 0 Å². The minimum atomic E-state index is -0.962. The van der Waals surface area contributed by atoms with E-state index in [0.29, 0.717) is 28.3 Å². The Hall–Kier alpha value is -3.52. The third-order valence-corrected chi connectivity index (χ3v) is 6.57. The molecule has 0 saturated carbocycles. The van der Waals surface area contributed by atoms with Gasteiger partial charge in [0.25, 0.3) is 0 Å². The van der Waals surface area contributed by atoms with Gasteiger partial charge in [0.15, 0.2) is 0 Å². The molecule has 0 fully saturated rings. The molecule has 1 atom stereocenters. The number of allylic oxidation sites excluding steroid dienone is 1. The van der Waals surface area contributed by atoms with E-state index in [1.54, 1.807) is 0 Å². The number of ether oxygens (including phenoxy) is 1. The monoisotopic (exact) mass is 454 g/mol. The number of nitrogen functional groups attached to an aromatic ring is 1. The van der Waals surface area contributed by atoms with Crippen LogP contribution in [-0.2, 0) is 9.53 Å². The Balaban J connectivity index is 1.94. The molecule has 2 aromatic carbocycles. The van der Waals surface area contributed by atoms with E-state index in [2.05, 4.69) is 5.32 Å². The molecule has 8 heteroatoms. The number of rotatable bonds is 5. The fourth-order valence-corrected chi connectivity index (χ4v) is 5.10. The maximum Gasteiger partial charge on any atom is 0.336 e. The van der Waals surface area contributed by atoms with Crippen molar-refractivity contribution in [2.45, 2.75) is 19.3 Å². The van der Waals surface area contributed by atoms with Crippen molar-refractivity contribution in [1.29, 1.82) is 0 Å². The lowest BCUT2D eigenvalue weighted by molar-refractivity contribution is -0.136. The number of thiophene rings is 1. The first-order valence-electron chi connectivity index (χ1n) is 9.93. The van der Waals surface area contributed by atoms with E-state index in [-0.39, 0.29) is 10.6 Å². The molecule has 0 spiro atoms. The highest BCUT2D eigenvalue weighted by atomic mass is 32.1. The van der Waals surface area contributed by atoms with Gasteiger partial charge < -0.3 is 15.8 Å². The van der Waals surface area contributed by atoms with Crippen molar-refractivity contribution >= 4 is 33.8 Å². The smallest absolute Gasteiger partial charge is 0.336 e. The zero-order chi connectivity index (χ0) is 23.0. The molecular weight excluding hydrogens is 434 g/mol. The molecule has 32 heavy (non-hydrogen) atoms. The van der Waals surface area contributed by atoms with Gasteiger partial charge in [0.1, 0.15) is 16.5 Å². The zero-order valence-corrected chi connectivity index (χ0v) is 18.2. The maximum atomic E-state index is 14.3. The molecule has 0 amide bonds. The van der Waals surface area contributed by atoms with Gasteiger partial charge in [0.2, 0.25) is 5.78 Å². The summed E-state index contributed by atoms with van der Waals surface area (Å²) in [4.78, 5) is 25.9. The Morgan fingerprint density at radius 1 is 1.09 bits per heavy atom. The van der Waals surface area contributed by atoms with Crippen LogP contribution in [0, 0.1) is 11.6 Å². The number of hydrogen-bond acceptors (Lipinski definition) is 6. The van der Waals surface area contributed by atoms with Gasteiger partial charge in [-0.15, -0.1) is 11.3 Å². The largest absolute Gasteiger partial charge is 0.466 e. The van der Waals surface area contributed by atoms with Gasteiger partial charge in [-0.3, -0.25) is 4.79 Å². The number of hydrogen-bond donors (Lipinski definition) is 2. The van der Waals surface area contributed by atoms with Gasteiger partial charge >= 0.3 is 5.97 Å². The Morgan fingerprint density at radius 2 is 1.75 bits per heavy atom. The minimum Gasteiger partial charge on any atom is -0.466 e. The van der Waals surface area contributed by atoms with Gasteiger partial charge in [0, 0.05) is 17.2 Å². The number of ketones is 1. The van der Waals surface area contributed by atoms with E-state index in [1.807, 2.05) is 37.3 Å². The summed E-state index contributed by atoms with van der Waals surface area (Å²) in [5.41, 5.74) is 8.14. The average Bonchev–Trinajstić information content (AvgIpc) is 3.13. The molecule has 3 aromatic rings. The van der Waals surface area contributed by atoms with Crippen molar-refractivity contribution in [1.82, 2.24) is 0 Å². The van der Waals surface area contributed by atoms with Crippen LogP contribution in [0.3, 0.4) is 0 Å². The normalized spacial score (nSPS) is 15.2. The Morgan fingerprint density at radius 3 is 2.34 bits per heavy atom. The van der Waals surface area contributed by atoms with Crippen molar-refractivity contribution in [3.8, 4) is 0 Å². The number of nitrogens with two attached hydrogens (primary N) is 1. The van der Waals surface area contributed by atoms with Gasteiger partial charge in [0.05, 0.1) is 28.9 Å². The number of halogens is 2. The first kappa shape index (κ1) is 21.7. The van der Waals surface area contributed by atoms with Gasteiger partial charge in [-0.25, -0.2) is 13.6 Å². The lowest BCUT2D eigenvalue weighted by atomic mass is 9.81. The fraction of sp³-hybridized carbons (Fsp3) is 0.167. The number of nitrogens with one attached hydrogen (secondary N) is 1. The van der Waals surface area contributed by atoms with Crippen molar-refractivity contribution in [3.05, 3.63) is 93.0 Å². The van der Waals surface area contributed by atoms with Crippen LogP contribution in [0.1, 0.15) is 45.6 Å². The average molecular weight is 454 g/mol. The zero-order valence-electron chi connectivity index (χ0n) is 17.4. The first-order valence-corrected chi connectivity index (χ1v) is 10.7. The SMILES string of the molecule is CCC1=C(C(=O)OC)C(c2ccccc2)c2c(sc(C(=O)c3c(F)cccc3F)c2N)N1. The summed E-state index contributed by atoms with van der Waals surface area (Å²) >= 11 is 1.02. The van der Waals surface area contributed by atoms with Crippen molar-refractivity contribution < 1.29 is 23.1 Å². The molecule has 5 nitrogen and oxygen atoms in total. The highest BCUT2D eigenvalue weighted by molar-refractivity contribution is 7.19. The molecule has 0 radical (unpaired) electrons. The quantitative estimate of drug-likeness (QED) is 0.407. The second kappa shape index (κ2) is 8.55. The predicted octanol–water partition coefficient (Wildman–Crippen LogP) is 5.23. The van der Waals surface area contributed by atoms with Crippen molar-refractivity contribution in [2.24, 2.45) is 0 Å². The number of methoxy groups -OCH3 is 1. The van der Waals surface area contributed by atoms with Crippen LogP contribution in [0.15, 0.2) is 59.8 Å². The molecule has 2 heterocycles. The molecule has 3 N–H and O–H groups in total. The third-order valence-electron chi connectivity index (χ3n) is 5.44. The van der Waals surface area contributed by atoms with E-state index in [1.165, 1.54) is 13.2 Å². The summed E-state index contributed by atoms with van der Waals surface area (Å²) in [5, 5.41) is 3.74. The topological polar surface area (TPSA) is 81.4 Å². The Bertz CT molecular complexity index is 1230. The van der Waals surface area contributed by atoms with E-state index < -0.39 is 34.9 Å². The molecular formula is C24H20F2N2O3S. The van der Waals surface area contributed by atoms with Crippen LogP contribution in [-0.4, -0.2) is 18.9 Å². The van der Waals surface area contributed by atoms with Crippen molar-refractivity contribution in [3.63, 3.8) is 0 Å². The van der Waals surface area contributed by atoms with Gasteiger partial charge in [-0.05, 0) is 24.1 Å². The standard InChI is InChI=1S/C24H20F2N2O3S/c1-3-15-18(24(30)31-2)16(12-8-5-4-6-9-12)19-20(27)22(32-23(19)28-15)21(29)17-13(25)10-7-11-14(17)26/h4-11,16,28H,3,27H2,1-2H3. The Labute approximate surface area is 187 Å². The molecule has 1 aliphatic rings. The maximum absolute atomic E-state index is 14.3. The summed E-state index contributed by atoms with van der Waals surface area (Å²) in [7, 11) is 1.30. The summed E-state index contributed by atoms with van der Waals surface area (Å²) in [6.45, 7) is 1.88. The molecule has 0 saturated heterocycles. The van der Waals surface area contributed by atoms with Crippen LogP contribution in [0.5, 0.6) is 0 Å². The van der Waals surface area contributed by atoms with Crippen molar-refractivity contribution in [2.75, 3.05) is 18.2 Å². The fourth-order valence-electron chi connectivity index (χ4n) is 3.96. The van der Waals surface area contributed by atoms with Crippen LogP contribution in [0.2, 0.25) is 0 Å². The number of esters is 1. The molecule has 0 aliphatic carbocycles. The highest BCUT2D eigenvalue weighted by Gasteiger charge is 2.38. The first-order chi connectivity index (χ1) is 15.4. The summed E-state index contributed by atoms with van der Waals surface area (Å²) < 4.78 is 33.6. The molecule has 1 aromatic heterocycles. The number of benzene rings is 2. The summed E-state index contributed by atoms with van der Waals surface area (Å²) in [5.74, 6) is -3.89. The third kappa shape index (κ3) is 3.46. The lowest BCUT2D eigenvalue weighted by Gasteiger charge is -2.29. The van der Waals surface area contributed by atoms with Crippen LogP contribution < -0.4 is 11.1 Å². The second-order valence-corrected chi connectivity index (χ2v) is 8.24. The molecule has 1 aliphatic heterocycles. The molecule has 0 bridgehead atoms. The summed E-state index contributed by atoms with van der Waals surface area (Å²) in [6, 6.07) is 12.5. The van der Waals surface area contributed by atoms with E-state index in [4.69, 9.17) is 10.5 Å².